The van der Waals surface area contributed by atoms with Crippen LogP contribution in [0.3, 0.4) is 0 Å². The lowest BCUT2D eigenvalue weighted by Crippen LogP contribution is -2.16. The Bertz CT molecular complexity index is 673. The number of aryl methyl sites for hydroxylation is 1. The number of nitrogens with zero attached hydrogens (tertiary/aromatic N) is 1. The van der Waals surface area contributed by atoms with Crippen LogP contribution in [0.5, 0.6) is 0 Å². The second-order valence-corrected chi connectivity index (χ2v) is 6.21. The molecule has 0 fully saturated rings. The highest BCUT2D eigenvalue weighted by molar-refractivity contribution is 9.10. The molecule has 4 nitrogen and oxygen atoms in total. The normalized spacial score (nSPS) is 11.8. The van der Waals surface area contributed by atoms with Crippen molar-refractivity contribution < 1.29 is 4.79 Å². The summed E-state index contributed by atoms with van der Waals surface area (Å²) in [5.41, 5.74) is 2.40. The molecule has 0 spiro atoms. The van der Waals surface area contributed by atoms with E-state index in [0.717, 1.165) is 28.0 Å². The predicted octanol–water partition coefficient (Wildman–Crippen LogP) is 4.62. The third-order valence-electron chi connectivity index (χ3n) is 3.47. The number of benzene rings is 1. The summed E-state index contributed by atoms with van der Waals surface area (Å²) in [5.74, 6) is 0.578. The van der Waals surface area contributed by atoms with E-state index < -0.39 is 0 Å². The molecule has 1 aromatic carbocycles. The predicted molar refractivity (Wildman–Crippen MR) is 94.4 cm³/mol. The summed E-state index contributed by atoms with van der Waals surface area (Å²) in [6.07, 6.45) is 2.64. The van der Waals surface area contributed by atoms with E-state index >= 15 is 0 Å². The maximum atomic E-state index is 12.4. The van der Waals surface area contributed by atoms with E-state index in [-0.39, 0.29) is 5.91 Å². The number of carbonyl (C=O) groups excluding carboxylic acids is 1. The molecule has 0 aliphatic heterocycles. The first-order valence-electron chi connectivity index (χ1n) is 7.29. The minimum Gasteiger partial charge on any atom is -0.368 e. The molecule has 1 heterocycles. The molecule has 1 amide bonds. The van der Waals surface area contributed by atoms with Gasteiger partial charge in [0.2, 0.25) is 0 Å². The smallest absolute Gasteiger partial charge is 0.255 e. The Morgan fingerprint density at radius 2 is 2.09 bits per heavy atom. The van der Waals surface area contributed by atoms with Crippen molar-refractivity contribution in [2.24, 2.45) is 0 Å². The number of nitrogens with one attached hydrogen (secondary N) is 2. The van der Waals surface area contributed by atoms with Crippen LogP contribution in [0.4, 0.5) is 11.5 Å². The second-order valence-electron chi connectivity index (χ2n) is 5.30. The third kappa shape index (κ3) is 4.31. The summed E-state index contributed by atoms with van der Waals surface area (Å²) < 4.78 is 0.993. The highest BCUT2D eigenvalue weighted by atomic mass is 79.9. The first-order chi connectivity index (χ1) is 10.5. The number of amides is 1. The van der Waals surface area contributed by atoms with Crippen molar-refractivity contribution >= 4 is 33.3 Å². The summed E-state index contributed by atoms with van der Waals surface area (Å²) in [7, 11) is 0. The molecular weight excluding hydrogens is 342 g/mol. The maximum Gasteiger partial charge on any atom is 0.255 e. The van der Waals surface area contributed by atoms with Crippen molar-refractivity contribution in [3.8, 4) is 0 Å². The lowest BCUT2D eigenvalue weighted by atomic mass is 10.2. The van der Waals surface area contributed by atoms with Crippen LogP contribution in [-0.2, 0) is 0 Å². The van der Waals surface area contributed by atoms with Crippen LogP contribution in [0.2, 0.25) is 0 Å². The highest BCUT2D eigenvalue weighted by Crippen LogP contribution is 2.21. The lowest BCUT2D eigenvalue weighted by Gasteiger charge is -2.13. The van der Waals surface area contributed by atoms with E-state index in [1.165, 1.54) is 0 Å². The number of anilines is 2. The van der Waals surface area contributed by atoms with E-state index in [4.69, 9.17) is 0 Å². The third-order valence-corrected chi connectivity index (χ3v) is 3.96. The molecule has 116 valence electrons. The number of halogens is 1. The van der Waals surface area contributed by atoms with Crippen molar-refractivity contribution in [1.82, 2.24) is 4.98 Å². The molecule has 1 atom stereocenters. The molecule has 0 aliphatic rings. The van der Waals surface area contributed by atoms with Crippen molar-refractivity contribution in [3.63, 3.8) is 0 Å². The zero-order valence-corrected chi connectivity index (χ0v) is 14.6. The van der Waals surface area contributed by atoms with Gasteiger partial charge in [-0.3, -0.25) is 4.79 Å². The molecule has 0 bridgehead atoms. The summed E-state index contributed by atoms with van der Waals surface area (Å²) in [4.78, 5) is 16.6. The van der Waals surface area contributed by atoms with E-state index in [1.54, 1.807) is 18.3 Å². The van der Waals surface area contributed by atoms with Gasteiger partial charge in [-0.05, 0) is 56.2 Å². The molecule has 5 heteroatoms. The van der Waals surface area contributed by atoms with E-state index in [2.05, 4.69) is 45.4 Å². The summed E-state index contributed by atoms with van der Waals surface area (Å²) in [6, 6.07) is 9.57. The van der Waals surface area contributed by atoms with E-state index in [9.17, 15) is 4.79 Å². The maximum absolute atomic E-state index is 12.4. The van der Waals surface area contributed by atoms with Crippen molar-refractivity contribution in [1.29, 1.82) is 0 Å². The molecule has 22 heavy (non-hydrogen) atoms. The zero-order chi connectivity index (χ0) is 16.1. The fourth-order valence-corrected chi connectivity index (χ4v) is 2.44. The van der Waals surface area contributed by atoms with Crippen LogP contribution in [0.1, 0.15) is 36.2 Å². The van der Waals surface area contributed by atoms with Gasteiger partial charge in [-0.1, -0.05) is 22.9 Å². The van der Waals surface area contributed by atoms with Crippen LogP contribution in [0.15, 0.2) is 41.0 Å². The van der Waals surface area contributed by atoms with Crippen LogP contribution >= 0.6 is 15.9 Å². The van der Waals surface area contributed by atoms with Crippen LogP contribution < -0.4 is 10.6 Å². The molecule has 2 rings (SSSR count). The van der Waals surface area contributed by atoms with Crippen LogP contribution in [-0.4, -0.2) is 16.9 Å². The first-order valence-corrected chi connectivity index (χ1v) is 8.09. The summed E-state index contributed by atoms with van der Waals surface area (Å²) in [5, 5.41) is 6.21. The van der Waals surface area contributed by atoms with Gasteiger partial charge in [-0.2, -0.15) is 0 Å². The quantitative estimate of drug-likeness (QED) is 0.816. The number of hydrogen-bond donors (Lipinski definition) is 2. The van der Waals surface area contributed by atoms with Crippen molar-refractivity contribution in [2.75, 3.05) is 10.6 Å². The minimum atomic E-state index is -0.139. The van der Waals surface area contributed by atoms with Crippen molar-refractivity contribution in [2.45, 2.75) is 33.2 Å². The molecule has 0 radical (unpaired) electrons. The Kier molecular flexibility index (Phi) is 5.55. The number of carbonyl (C=O) groups is 1. The fourth-order valence-electron chi connectivity index (χ4n) is 1.97. The van der Waals surface area contributed by atoms with Gasteiger partial charge in [0, 0.05) is 28.0 Å². The topological polar surface area (TPSA) is 54.0 Å². The molecule has 0 aliphatic carbocycles. The van der Waals surface area contributed by atoms with Gasteiger partial charge in [0.1, 0.15) is 5.82 Å². The largest absolute Gasteiger partial charge is 0.368 e. The molecule has 0 saturated heterocycles. The Balaban J connectivity index is 2.14. The average molecular weight is 362 g/mol. The Morgan fingerprint density at radius 1 is 1.32 bits per heavy atom. The minimum absolute atomic E-state index is 0.139. The second kappa shape index (κ2) is 7.40. The fraction of sp³-hybridized carbons (Fsp3) is 0.294. The first kappa shape index (κ1) is 16.5. The van der Waals surface area contributed by atoms with Gasteiger partial charge in [0.25, 0.3) is 5.91 Å². The zero-order valence-electron chi connectivity index (χ0n) is 13.0. The standard InChI is InChI=1S/C17H20BrN3O/c1-4-12(3)20-16-10-13(7-8-19-16)17(22)21-15-6-5-14(18)9-11(15)2/h5-10,12H,4H2,1-3H3,(H,19,20)(H,21,22). The molecule has 0 saturated carbocycles. The van der Waals surface area contributed by atoms with Gasteiger partial charge in [0.05, 0.1) is 0 Å². The SMILES string of the molecule is CCC(C)Nc1cc(C(=O)Nc2ccc(Br)cc2C)ccn1. The van der Waals surface area contributed by atoms with Crippen LogP contribution in [0.25, 0.3) is 0 Å². The number of rotatable bonds is 5. The molecule has 2 N–H and O–H groups in total. The van der Waals surface area contributed by atoms with Crippen LogP contribution in [0, 0.1) is 6.92 Å². The lowest BCUT2D eigenvalue weighted by molar-refractivity contribution is 0.102. The number of pyridine rings is 1. The van der Waals surface area contributed by atoms with Gasteiger partial charge < -0.3 is 10.6 Å². The molecule has 2 aromatic rings. The van der Waals surface area contributed by atoms with Gasteiger partial charge in [-0.15, -0.1) is 0 Å². The summed E-state index contributed by atoms with van der Waals surface area (Å²) >= 11 is 3.42. The van der Waals surface area contributed by atoms with E-state index in [0.29, 0.717) is 11.6 Å². The number of hydrogen-bond acceptors (Lipinski definition) is 3. The van der Waals surface area contributed by atoms with Crippen molar-refractivity contribution in [3.05, 3.63) is 52.1 Å². The average Bonchev–Trinajstić information content (AvgIpc) is 2.50. The monoisotopic (exact) mass is 361 g/mol. The van der Waals surface area contributed by atoms with E-state index in [1.807, 2.05) is 25.1 Å². The van der Waals surface area contributed by atoms with Gasteiger partial charge in [0.15, 0.2) is 0 Å². The Morgan fingerprint density at radius 3 is 2.77 bits per heavy atom. The van der Waals surface area contributed by atoms with Gasteiger partial charge in [-0.25, -0.2) is 4.98 Å². The number of aromatic nitrogens is 1. The molecular formula is C17H20BrN3O. The van der Waals surface area contributed by atoms with Gasteiger partial charge >= 0.3 is 0 Å². The Hall–Kier alpha value is -1.88. The Labute approximate surface area is 139 Å². The highest BCUT2D eigenvalue weighted by Gasteiger charge is 2.10. The summed E-state index contributed by atoms with van der Waals surface area (Å²) in [6.45, 7) is 6.15. The molecule has 1 unspecified atom stereocenters. The molecule has 1 aromatic heterocycles.